The van der Waals surface area contributed by atoms with Crippen LogP contribution in [-0.4, -0.2) is 20.2 Å². The highest BCUT2D eigenvalue weighted by Crippen LogP contribution is 2.18. The Morgan fingerprint density at radius 1 is 1.60 bits per heavy atom. The normalized spacial score (nSPS) is 13.0. The molecular weight excluding hydrogens is 260 g/mol. The maximum absolute atomic E-state index is 4.97. The van der Waals surface area contributed by atoms with E-state index in [0.717, 1.165) is 17.1 Å². The first-order valence-electron chi connectivity index (χ1n) is 4.61. The minimum atomic E-state index is 0.213. The van der Waals surface area contributed by atoms with Crippen LogP contribution in [0.5, 0.6) is 0 Å². The van der Waals surface area contributed by atoms with E-state index in [1.54, 1.807) is 4.68 Å². The van der Waals surface area contributed by atoms with Crippen molar-refractivity contribution in [3.05, 3.63) is 29.4 Å². The van der Waals surface area contributed by atoms with Gasteiger partial charge in [-0.15, -0.1) is 5.10 Å². The third kappa shape index (κ3) is 2.44. The standard InChI is InChI=1S/C9H11BrN4O/c1-6-3-8(12-15-6)4-14-5-9(7(2)10)11-13-14/h3,5,7H,4H2,1-2H3. The van der Waals surface area contributed by atoms with Crippen LogP contribution in [0.2, 0.25) is 0 Å². The fourth-order valence-corrected chi connectivity index (χ4v) is 1.44. The Labute approximate surface area is 95.6 Å². The van der Waals surface area contributed by atoms with Crippen LogP contribution in [-0.2, 0) is 6.54 Å². The zero-order chi connectivity index (χ0) is 10.8. The van der Waals surface area contributed by atoms with E-state index in [4.69, 9.17) is 4.52 Å². The summed E-state index contributed by atoms with van der Waals surface area (Å²) in [6.45, 7) is 4.46. The molecule has 0 amide bonds. The highest BCUT2D eigenvalue weighted by molar-refractivity contribution is 9.09. The molecule has 2 aromatic rings. The SMILES string of the molecule is Cc1cc(Cn2cc(C(C)Br)nn2)no1. The highest BCUT2D eigenvalue weighted by Gasteiger charge is 2.07. The first-order chi connectivity index (χ1) is 7.15. The lowest BCUT2D eigenvalue weighted by atomic mass is 10.3. The van der Waals surface area contributed by atoms with Crippen LogP contribution in [0.3, 0.4) is 0 Å². The van der Waals surface area contributed by atoms with Gasteiger partial charge in [0.15, 0.2) is 0 Å². The van der Waals surface area contributed by atoms with Crippen LogP contribution in [0.25, 0.3) is 0 Å². The molecule has 0 spiro atoms. The molecule has 0 aliphatic rings. The Bertz CT molecular complexity index is 448. The van der Waals surface area contributed by atoms with Gasteiger partial charge in [0.25, 0.3) is 0 Å². The van der Waals surface area contributed by atoms with Crippen molar-refractivity contribution in [2.75, 3.05) is 0 Å². The molecular formula is C9H11BrN4O. The summed E-state index contributed by atoms with van der Waals surface area (Å²) in [6, 6.07) is 1.89. The number of nitrogens with zero attached hydrogens (tertiary/aromatic N) is 4. The maximum Gasteiger partial charge on any atom is 0.133 e. The van der Waals surface area contributed by atoms with Crippen molar-refractivity contribution >= 4 is 15.9 Å². The summed E-state index contributed by atoms with van der Waals surface area (Å²) in [5.74, 6) is 0.805. The lowest BCUT2D eigenvalue weighted by molar-refractivity contribution is 0.387. The Morgan fingerprint density at radius 2 is 2.40 bits per heavy atom. The van der Waals surface area contributed by atoms with E-state index in [1.165, 1.54) is 0 Å². The number of hydrogen-bond donors (Lipinski definition) is 0. The minimum Gasteiger partial charge on any atom is -0.361 e. The fourth-order valence-electron chi connectivity index (χ4n) is 1.23. The van der Waals surface area contributed by atoms with Crippen molar-refractivity contribution in [2.24, 2.45) is 0 Å². The maximum atomic E-state index is 4.97. The molecule has 0 radical (unpaired) electrons. The molecule has 0 saturated heterocycles. The first-order valence-corrected chi connectivity index (χ1v) is 5.53. The number of aromatic nitrogens is 4. The van der Waals surface area contributed by atoms with Gasteiger partial charge in [0.05, 0.1) is 23.3 Å². The lowest BCUT2D eigenvalue weighted by Gasteiger charge is -1.94. The van der Waals surface area contributed by atoms with E-state index in [1.807, 2.05) is 26.1 Å². The zero-order valence-corrected chi connectivity index (χ0v) is 10.1. The van der Waals surface area contributed by atoms with E-state index in [-0.39, 0.29) is 4.83 Å². The van der Waals surface area contributed by atoms with Crippen LogP contribution >= 0.6 is 15.9 Å². The Morgan fingerprint density at radius 3 is 2.93 bits per heavy atom. The van der Waals surface area contributed by atoms with E-state index in [2.05, 4.69) is 31.4 Å². The van der Waals surface area contributed by atoms with Crippen molar-refractivity contribution in [3.8, 4) is 0 Å². The Balaban J connectivity index is 2.11. The van der Waals surface area contributed by atoms with E-state index >= 15 is 0 Å². The largest absolute Gasteiger partial charge is 0.361 e. The molecule has 5 nitrogen and oxygen atoms in total. The van der Waals surface area contributed by atoms with Gasteiger partial charge < -0.3 is 4.52 Å². The summed E-state index contributed by atoms with van der Waals surface area (Å²) in [4.78, 5) is 0.213. The van der Waals surface area contributed by atoms with Gasteiger partial charge in [-0.2, -0.15) is 0 Å². The minimum absolute atomic E-state index is 0.213. The van der Waals surface area contributed by atoms with Crippen LogP contribution in [0.4, 0.5) is 0 Å². The molecule has 2 aromatic heterocycles. The summed E-state index contributed by atoms with van der Waals surface area (Å²) in [5.41, 5.74) is 1.77. The van der Waals surface area contributed by atoms with Gasteiger partial charge in [0.2, 0.25) is 0 Å². The number of hydrogen-bond acceptors (Lipinski definition) is 4. The van der Waals surface area contributed by atoms with Crippen LogP contribution in [0.1, 0.15) is 28.9 Å². The number of halogens is 1. The molecule has 1 atom stereocenters. The summed E-state index contributed by atoms with van der Waals surface area (Å²) >= 11 is 3.44. The average Bonchev–Trinajstić information content (AvgIpc) is 2.76. The molecule has 0 saturated carbocycles. The molecule has 80 valence electrons. The lowest BCUT2D eigenvalue weighted by Crippen LogP contribution is -2.00. The Hall–Kier alpha value is -1.17. The number of alkyl halides is 1. The predicted octanol–water partition coefficient (Wildman–Crippen LogP) is 2.08. The molecule has 0 fully saturated rings. The third-order valence-electron chi connectivity index (χ3n) is 1.96. The Kier molecular flexibility index (Phi) is 2.86. The van der Waals surface area contributed by atoms with Gasteiger partial charge in [-0.25, -0.2) is 4.68 Å². The van der Waals surface area contributed by atoms with Crippen LogP contribution < -0.4 is 0 Å². The molecule has 0 N–H and O–H groups in total. The van der Waals surface area contributed by atoms with Crippen molar-refractivity contribution in [1.82, 2.24) is 20.2 Å². The summed E-state index contributed by atoms with van der Waals surface area (Å²) in [6.07, 6.45) is 1.89. The molecule has 0 bridgehead atoms. The number of rotatable bonds is 3. The van der Waals surface area contributed by atoms with Crippen molar-refractivity contribution in [3.63, 3.8) is 0 Å². The van der Waals surface area contributed by atoms with Gasteiger partial charge >= 0.3 is 0 Å². The van der Waals surface area contributed by atoms with E-state index in [9.17, 15) is 0 Å². The molecule has 0 aromatic carbocycles. The smallest absolute Gasteiger partial charge is 0.133 e. The second-order valence-corrected chi connectivity index (χ2v) is 4.76. The summed E-state index contributed by atoms with van der Waals surface area (Å²) in [7, 11) is 0. The van der Waals surface area contributed by atoms with Gasteiger partial charge in [0, 0.05) is 6.07 Å². The molecule has 2 heterocycles. The molecule has 2 rings (SSSR count). The molecule has 6 heteroatoms. The number of aryl methyl sites for hydroxylation is 1. The van der Waals surface area contributed by atoms with Gasteiger partial charge in [0.1, 0.15) is 11.5 Å². The summed E-state index contributed by atoms with van der Waals surface area (Å²) < 4.78 is 6.71. The van der Waals surface area contributed by atoms with E-state index < -0.39 is 0 Å². The van der Waals surface area contributed by atoms with Crippen molar-refractivity contribution < 1.29 is 4.52 Å². The molecule has 0 aliphatic heterocycles. The zero-order valence-electron chi connectivity index (χ0n) is 8.51. The van der Waals surface area contributed by atoms with Gasteiger partial charge in [-0.1, -0.05) is 26.3 Å². The van der Waals surface area contributed by atoms with Crippen LogP contribution in [0, 0.1) is 6.92 Å². The monoisotopic (exact) mass is 270 g/mol. The van der Waals surface area contributed by atoms with Crippen molar-refractivity contribution in [2.45, 2.75) is 25.2 Å². The second-order valence-electron chi connectivity index (χ2n) is 3.39. The molecule has 1 unspecified atom stereocenters. The van der Waals surface area contributed by atoms with Gasteiger partial charge in [-0.3, -0.25) is 0 Å². The fraction of sp³-hybridized carbons (Fsp3) is 0.444. The highest BCUT2D eigenvalue weighted by atomic mass is 79.9. The summed E-state index contributed by atoms with van der Waals surface area (Å²) in [5, 5.41) is 11.9. The first kappa shape index (κ1) is 10.4. The quantitative estimate of drug-likeness (QED) is 0.802. The average molecular weight is 271 g/mol. The second kappa shape index (κ2) is 4.14. The third-order valence-corrected chi connectivity index (χ3v) is 2.43. The molecule has 0 aliphatic carbocycles. The van der Waals surface area contributed by atoms with Crippen molar-refractivity contribution in [1.29, 1.82) is 0 Å². The van der Waals surface area contributed by atoms with E-state index in [0.29, 0.717) is 6.54 Å². The predicted molar refractivity (Wildman–Crippen MR) is 57.7 cm³/mol. The molecule has 15 heavy (non-hydrogen) atoms. The van der Waals surface area contributed by atoms with Gasteiger partial charge in [-0.05, 0) is 13.8 Å². The topological polar surface area (TPSA) is 56.7 Å². The van der Waals surface area contributed by atoms with Crippen LogP contribution in [0.15, 0.2) is 16.8 Å².